The van der Waals surface area contributed by atoms with Crippen LogP contribution < -0.4 is 20.9 Å². The maximum absolute atomic E-state index is 11.5. The number of amides is 2. The molecule has 0 bridgehead atoms. The Morgan fingerprint density at radius 1 is 1.09 bits per heavy atom. The van der Waals surface area contributed by atoms with Crippen LogP contribution in [-0.2, 0) is 0 Å². The summed E-state index contributed by atoms with van der Waals surface area (Å²) in [7, 11) is 1.59. The van der Waals surface area contributed by atoms with E-state index < -0.39 is 0 Å². The van der Waals surface area contributed by atoms with Gasteiger partial charge in [-0.1, -0.05) is 0 Å². The molecule has 1 aromatic carbocycles. The molecule has 1 fully saturated rings. The molecule has 2 amide bonds. The summed E-state index contributed by atoms with van der Waals surface area (Å²) in [5, 5.41) is 16.6. The van der Waals surface area contributed by atoms with Gasteiger partial charge in [-0.25, -0.2) is 14.8 Å². The van der Waals surface area contributed by atoms with Crippen LogP contribution in [0.1, 0.15) is 30.5 Å². The van der Waals surface area contributed by atoms with Gasteiger partial charge in [0.1, 0.15) is 11.6 Å². The van der Waals surface area contributed by atoms with Crippen molar-refractivity contribution in [3.63, 3.8) is 0 Å². The Balaban J connectivity index is 1.61. The summed E-state index contributed by atoms with van der Waals surface area (Å²) in [5.41, 5.74) is 2.72. The van der Waals surface area contributed by atoms with Crippen molar-refractivity contribution >= 4 is 40.9 Å². The van der Waals surface area contributed by atoms with Crippen LogP contribution in [0, 0.1) is 13.8 Å². The summed E-state index contributed by atoms with van der Waals surface area (Å²) in [6.45, 7) is 6.03. The first-order valence-electron chi connectivity index (χ1n) is 10.7. The van der Waals surface area contributed by atoms with Crippen LogP contribution in [-0.4, -0.2) is 46.3 Å². The van der Waals surface area contributed by atoms with E-state index in [4.69, 9.17) is 9.97 Å². The maximum atomic E-state index is 11.5. The van der Waals surface area contributed by atoms with Gasteiger partial charge in [0, 0.05) is 48.0 Å². The number of aryl methyl sites for hydroxylation is 1. The number of carbonyl (C=O) groups is 1. The molecule has 9 nitrogen and oxygen atoms in total. The van der Waals surface area contributed by atoms with Crippen molar-refractivity contribution in [1.29, 1.82) is 0 Å². The second kappa shape index (κ2) is 9.90. The molecule has 0 saturated carbocycles. The molecule has 1 aliphatic heterocycles. The molecule has 3 aromatic rings. The van der Waals surface area contributed by atoms with E-state index in [1.807, 2.05) is 37.3 Å². The topological polar surface area (TPSA) is 111 Å². The van der Waals surface area contributed by atoms with Gasteiger partial charge in [-0.3, -0.25) is 5.10 Å². The highest BCUT2D eigenvalue weighted by atomic mass is 32.2. The predicted octanol–water partition coefficient (Wildman–Crippen LogP) is 4.45. The lowest BCUT2D eigenvalue weighted by atomic mass is 10.1. The molecule has 0 radical (unpaired) electrons. The van der Waals surface area contributed by atoms with Gasteiger partial charge in [-0.05, 0) is 69.1 Å². The standard InChI is InChI=1S/C22H28N8OS/c1-14-13-18(29-28-14)25-19-15(2)20(30-11-5-4-6-12-30)27-22(26-19)32-17-9-7-16(8-10-17)24-21(31)23-3/h7-10,13H,4-6,11-12H2,1-3H3,(H2,23,24,31)(H2,25,26,27,28,29). The number of nitrogens with zero attached hydrogens (tertiary/aromatic N) is 4. The van der Waals surface area contributed by atoms with E-state index in [0.29, 0.717) is 5.16 Å². The molecule has 168 valence electrons. The van der Waals surface area contributed by atoms with Crippen molar-refractivity contribution in [2.75, 3.05) is 35.7 Å². The number of piperidine rings is 1. The number of aromatic nitrogens is 4. The van der Waals surface area contributed by atoms with Crippen LogP contribution in [0.5, 0.6) is 0 Å². The monoisotopic (exact) mass is 452 g/mol. The summed E-state index contributed by atoms with van der Waals surface area (Å²) in [4.78, 5) is 24.5. The Kier molecular flexibility index (Phi) is 6.79. The Morgan fingerprint density at radius 2 is 1.84 bits per heavy atom. The summed E-state index contributed by atoms with van der Waals surface area (Å²) in [6.07, 6.45) is 3.61. The third kappa shape index (κ3) is 5.31. The number of hydrogen-bond donors (Lipinski definition) is 4. The van der Waals surface area contributed by atoms with Crippen LogP contribution in [0.3, 0.4) is 0 Å². The highest BCUT2D eigenvalue weighted by molar-refractivity contribution is 7.99. The van der Waals surface area contributed by atoms with Crippen molar-refractivity contribution in [2.45, 2.75) is 43.2 Å². The van der Waals surface area contributed by atoms with Gasteiger partial charge < -0.3 is 20.9 Å². The highest BCUT2D eigenvalue weighted by Crippen LogP contribution is 2.33. The van der Waals surface area contributed by atoms with Crippen LogP contribution >= 0.6 is 11.8 Å². The van der Waals surface area contributed by atoms with Crippen molar-refractivity contribution in [3.8, 4) is 0 Å². The average Bonchev–Trinajstić information content (AvgIpc) is 3.22. The second-order valence-corrected chi connectivity index (χ2v) is 8.78. The number of hydrogen-bond acceptors (Lipinski definition) is 7. The number of carbonyl (C=O) groups excluding carboxylic acids is 1. The Morgan fingerprint density at radius 3 is 2.50 bits per heavy atom. The van der Waals surface area contributed by atoms with Crippen LogP contribution in [0.25, 0.3) is 0 Å². The zero-order valence-electron chi connectivity index (χ0n) is 18.5. The molecule has 10 heteroatoms. The van der Waals surface area contributed by atoms with E-state index in [-0.39, 0.29) is 6.03 Å². The zero-order chi connectivity index (χ0) is 22.5. The summed E-state index contributed by atoms with van der Waals surface area (Å²) >= 11 is 1.49. The van der Waals surface area contributed by atoms with E-state index in [2.05, 4.69) is 38.0 Å². The van der Waals surface area contributed by atoms with E-state index in [1.54, 1.807) is 7.05 Å². The number of H-pyrrole nitrogens is 1. The molecule has 0 spiro atoms. The Hall–Kier alpha value is -3.27. The van der Waals surface area contributed by atoms with E-state index in [1.165, 1.54) is 31.0 Å². The largest absolute Gasteiger partial charge is 0.356 e. The number of nitrogens with one attached hydrogen (secondary N) is 4. The fraction of sp³-hybridized carbons (Fsp3) is 0.364. The maximum Gasteiger partial charge on any atom is 0.318 e. The van der Waals surface area contributed by atoms with Gasteiger partial charge in [-0.2, -0.15) is 5.10 Å². The molecular weight excluding hydrogens is 424 g/mol. The SMILES string of the molecule is CNC(=O)Nc1ccc(Sc2nc(Nc3cc(C)[nH]n3)c(C)c(N3CCCCC3)n2)cc1. The lowest BCUT2D eigenvalue weighted by Crippen LogP contribution is -2.31. The Bertz CT molecular complexity index is 1080. The van der Waals surface area contributed by atoms with Gasteiger partial charge in [0.25, 0.3) is 0 Å². The quantitative estimate of drug-likeness (QED) is 0.409. The van der Waals surface area contributed by atoms with E-state index >= 15 is 0 Å². The molecule has 4 N–H and O–H groups in total. The number of urea groups is 1. The molecule has 1 aliphatic rings. The second-order valence-electron chi connectivity index (χ2n) is 7.74. The van der Waals surface area contributed by atoms with Gasteiger partial charge in [0.15, 0.2) is 11.0 Å². The fourth-order valence-electron chi connectivity index (χ4n) is 3.57. The molecule has 3 heterocycles. The molecule has 32 heavy (non-hydrogen) atoms. The summed E-state index contributed by atoms with van der Waals surface area (Å²) in [6, 6.07) is 9.33. The molecule has 1 saturated heterocycles. The van der Waals surface area contributed by atoms with Crippen LogP contribution in [0.4, 0.5) is 27.9 Å². The smallest absolute Gasteiger partial charge is 0.318 e. The van der Waals surface area contributed by atoms with Gasteiger partial charge >= 0.3 is 6.03 Å². The number of aromatic amines is 1. The number of rotatable bonds is 6. The summed E-state index contributed by atoms with van der Waals surface area (Å²) < 4.78 is 0. The first-order chi connectivity index (χ1) is 15.5. The van der Waals surface area contributed by atoms with Gasteiger partial charge in [0.05, 0.1) is 0 Å². The van der Waals surface area contributed by atoms with E-state index in [0.717, 1.165) is 52.4 Å². The van der Waals surface area contributed by atoms with Crippen molar-refractivity contribution < 1.29 is 4.79 Å². The molecule has 0 atom stereocenters. The molecule has 4 rings (SSSR count). The number of anilines is 4. The first kappa shape index (κ1) is 21.9. The molecule has 2 aromatic heterocycles. The normalized spacial score (nSPS) is 13.7. The molecule has 0 unspecified atom stereocenters. The van der Waals surface area contributed by atoms with Gasteiger partial charge in [0.2, 0.25) is 0 Å². The predicted molar refractivity (Wildman–Crippen MR) is 128 cm³/mol. The van der Waals surface area contributed by atoms with E-state index in [9.17, 15) is 4.79 Å². The lowest BCUT2D eigenvalue weighted by molar-refractivity contribution is 0.254. The van der Waals surface area contributed by atoms with Crippen molar-refractivity contribution in [2.24, 2.45) is 0 Å². The minimum Gasteiger partial charge on any atom is -0.356 e. The van der Waals surface area contributed by atoms with Crippen molar-refractivity contribution in [3.05, 3.63) is 41.6 Å². The fourth-order valence-corrected chi connectivity index (χ4v) is 4.33. The van der Waals surface area contributed by atoms with Crippen LogP contribution in [0.15, 0.2) is 40.4 Å². The average molecular weight is 453 g/mol. The molecule has 0 aliphatic carbocycles. The minimum absolute atomic E-state index is 0.247. The lowest BCUT2D eigenvalue weighted by Gasteiger charge is -2.29. The third-order valence-corrected chi connectivity index (χ3v) is 6.13. The summed E-state index contributed by atoms with van der Waals surface area (Å²) in [5.74, 6) is 2.46. The first-order valence-corrected chi connectivity index (χ1v) is 11.5. The number of benzene rings is 1. The highest BCUT2D eigenvalue weighted by Gasteiger charge is 2.20. The molecular formula is C22H28N8OS. The van der Waals surface area contributed by atoms with Crippen molar-refractivity contribution in [1.82, 2.24) is 25.5 Å². The Labute approximate surface area is 191 Å². The minimum atomic E-state index is -0.247. The third-order valence-electron chi connectivity index (χ3n) is 5.26. The van der Waals surface area contributed by atoms with Crippen LogP contribution in [0.2, 0.25) is 0 Å². The van der Waals surface area contributed by atoms with Gasteiger partial charge in [-0.15, -0.1) is 0 Å². The zero-order valence-corrected chi connectivity index (χ0v) is 19.3.